The first kappa shape index (κ1) is 20.6. The van der Waals surface area contributed by atoms with Crippen LogP contribution >= 0.6 is 11.6 Å². The predicted octanol–water partition coefficient (Wildman–Crippen LogP) is 5.26. The van der Waals surface area contributed by atoms with Crippen LogP contribution in [-0.4, -0.2) is 7.25 Å². The molecule has 0 spiro atoms. The second-order valence-corrected chi connectivity index (χ2v) is 3.69. The molecule has 0 amide bonds. The Morgan fingerprint density at radius 3 is 1.42 bits per heavy atom. The molecular formula is C12H12BClF4Fe-. The Morgan fingerprint density at radius 2 is 1.21 bits per heavy atom. The Labute approximate surface area is 126 Å². The van der Waals surface area contributed by atoms with Crippen LogP contribution in [0.3, 0.4) is 0 Å². The molecule has 1 aliphatic carbocycles. The minimum absolute atomic E-state index is 0. The number of benzene rings is 1. The van der Waals surface area contributed by atoms with Crippen LogP contribution < -0.4 is 0 Å². The van der Waals surface area contributed by atoms with Crippen LogP contribution in [0.25, 0.3) is 0 Å². The van der Waals surface area contributed by atoms with E-state index >= 15 is 0 Å². The van der Waals surface area contributed by atoms with Crippen molar-refractivity contribution >= 4 is 18.9 Å². The molecule has 0 bridgehead atoms. The van der Waals surface area contributed by atoms with Crippen molar-refractivity contribution in [2.75, 3.05) is 0 Å². The zero-order valence-electron chi connectivity index (χ0n) is 10.0. The molecule has 0 nitrogen and oxygen atoms in total. The van der Waals surface area contributed by atoms with Gasteiger partial charge in [-0.25, -0.2) is 0 Å². The van der Waals surface area contributed by atoms with E-state index in [1.807, 2.05) is 61.9 Å². The summed E-state index contributed by atoms with van der Waals surface area (Å²) in [5, 5.41) is 0.801. The molecule has 0 atom stereocenters. The summed E-state index contributed by atoms with van der Waals surface area (Å²) in [4.78, 5) is 0. The van der Waals surface area contributed by atoms with E-state index in [1.54, 1.807) is 0 Å². The molecule has 0 unspecified atom stereocenters. The van der Waals surface area contributed by atoms with Gasteiger partial charge in [-0.05, 0) is 19.1 Å². The van der Waals surface area contributed by atoms with Gasteiger partial charge in [0, 0.05) is 28.5 Å². The quantitative estimate of drug-likeness (QED) is 0.448. The van der Waals surface area contributed by atoms with Crippen molar-refractivity contribution in [2.45, 2.75) is 6.92 Å². The maximum absolute atomic E-state index is 9.75. The molecule has 0 aliphatic heterocycles. The standard InChI is InChI=1S/C7H7Cl.C5H5.BF4.Fe/c1-6-2-4-7(8)5-3-6;1-2-4-5-3-1;2-1(3,4)5;/h2-5H,1H3;1-5H;;/q;;-1;. The van der Waals surface area contributed by atoms with Gasteiger partial charge in [-0.3, -0.25) is 0 Å². The summed E-state index contributed by atoms with van der Waals surface area (Å²) in [5.41, 5.74) is 1.24. The molecule has 19 heavy (non-hydrogen) atoms. The fourth-order valence-corrected chi connectivity index (χ4v) is 0.980. The normalized spacial score (nSPS) is 11.7. The Hall–Kier alpha value is -0.706. The van der Waals surface area contributed by atoms with E-state index in [4.69, 9.17) is 11.6 Å². The topological polar surface area (TPSA) is 0 Å². The first-order valence-electron chi connectivity index (χ1n) is 5.05. The number of allylic oxidation sites excluding steroid dienone is 4. The fraction of sp³-hybridized carbons (Fsp3) is 0.0833. The van der Waals surface area contributed by atoms with E-state index in [-0.39, 0.29) is 17.1 Å². The van der Waals surface area contributed by atoms with Gasteiger partial charge in [-0.2, -0.15) is 0 Å². The molecule has 0 aromatic heterocycles. The molecule has 7 heteroatoms. The van der Waals surface area contributed by atoms with Gasteiger partial charge in [-0.1, -0.05) is 53.6 Å². The van der Waals surface area contributed by atoms with Crippen LogP contribution in [0, 0.1) is 13.3 Å². The van der Waals surface area contributed by atoms with Crippen molar-refractivity contribution in [3.63, 3.8) is 0 Å². The number of hydrogen-bond acceptors (Lipinski definition) is 0. The van der Waals surface area contributed by atoms with Gasteiger partial charge < -0.3 is 17.3 Å². The molecular weight excluding hydrogens is 322 g/mol. The average Bonchev–Trinajstić information content (AvgIpc) is 2.78. The van der Waals surface area contributed by atoms with Crippen LogP contribution in [0.15, 0.2) is 48.6 Å². The van der Waals surface area contributed by atoms with Gasteiger partial charge in [-0.15, -0.1) is 0 Å². The monoisotopic (exact) mass is 334 g/mol. The van der Waals surface area contributed by atoms with Gasteiger partial charge in [0.15, 0.2) is 0 Å². The van der Waals surface area contributed by atoms with E-state index in [1.165, 1.54) is 5.56 Å². The SMILES string of the molecule is Cc1ccc(Cl)cc1.F[B-](F)(F)F.[CH]1C=CC=C1.[Fe]. The van der Waals surface area contributed by atoms with Crippen molar-refractivity contribution < 1.29 is 34.3 Å². The molecule has 107 valence electrons. The largest absolute Gasteiger partial charge is 0.673 e. The summed E-state index contributed by atoms with van der Waals surface area (Å²) in [5.74, 6) is 0. The molecule has 0 N–H and O–H groups in total. The summed E-state index contributed by atoms with van der Waals surface area (Å²) in [6.07, 6.45) is 10.0. The van der Waals surface area contributed by atoms with E-state index in [2.05, 4.69) is 0 Å². The minimum atomic E-state index is -6.00. The smallest absolute Gasteiger partial charge is 0.418 e. The third-order valence-corrected chi connectivity index (χ3v) is 1.82. The summed E-state index contributed by atoms with van der Waals surface area (Å²) in [6, 6.07) is 7.75. The Balaban J connectivity index is 0. The van der Waals surface area contributed by atoms with E-state index in [0.29, 0.717) is 0 Å². The summed E-state index contributed by atoms with van der Waals surface area (Å²) >= 11 is 5.61. The molecule has 1 aromatic rings. The van der Waals surface area contributed by atoms with Crippen LogP contribution in [0.5, 0.6) is 0 Å². The Kier molecular flexibility index (Phi) is 12.1. The molecule has 1 aliphatic rings. The van der Waals surface area contributed by atoms with Crippen molar-refractivity contribution in [3.8, 4) is 0 Å². The van der Waals surface area contributed by atoms with Crippen LogP contribution in [0.1, 0.15) is 5.56 Å². The second kappa shape index (κ2) is 11.1. The molecule has 1 aromatic carbocycles. The molecule has 0 saturated heterocycles. The minimum Gasteiger partial charge on any atom is -0.418 e. The van der Waals surface area contributed by atoms with Crippen molar-refractivity contribution in [1.82, 2.24) is 0 Å². The predicted molar refractivity (Wildman–Crippen MR) is 69.0 cm³/mol. The summed E-state index contributed by atoms with van der Waals surface area (Å²) in [6.45, 7) is 2.04. The number of hydrogen-bond donors (Lipinski definition) is 0. The van der Waals surface area contributed by atoms with Gasteiger partial charge in [0.05, 0.1) is 0 Å². The maximum atomic E-state index is 9.75. The first-order valence-corrected chi connectivity index (χ1v) is 5.43. The molecule has 0 saturated carbocycles. The number of halogens is 5. The van der Waals surface area contributed by atoms with Gasteiger partial charge in [0.2, 0.25) is 0 Å². The van der Waals surface area contributed by atoms with E-state index < -0.39 is 7.25 Å². The molecule has 2 rings (SSSR count). The first-order chi connectivity index (χ1) is 8.29. The average molecular weight is 334 g/mol. The van der Waals surface area contributed by atoms with Crippen molar-refractivity contribution in [3.05, 3.63) is 65.6 Å². The number of rotatable bonds is 0. The molecule has 1 radical (unpaired) electrons. The third-order valence-electron chi connectivity index (χ3n) is 1.57. The molecule has 0 heterocycles. The molecule has 0 fully saturated rings. The van der Waals surface area contributed by atoms with Crippen LogP contribution in [0.2, 0.25) is 5.02 Å². The number of aryl methyl sites for hydroxylation is 1. The van der Waals surface area contributed by atoms with Crippen molar-refractivity contribution in [2.24, 2.45) is 0 Å². The Bertz CT molecular complexity index is 351. The van der Waals surface area contributed by atoms with Gasteiger partial charge in [0.25, 0.3) is 0 Å². The second-order valence-electron chi connectivity index (χ2n) is 3.25. The summed E-state index contributed by atoms with van der Waals surface area (Å²) in [7, 11) is -6.00. The third kappa shape index (κ3) is 19.8. The van der Waals surface area contributed by atoms with Gasteiger partial charge >= 0.3 is 7.25 Å². The zero-order valence-corrected chi connectivity index (χ0v) is 11.9. The Morgan fingerprint density at radius 1 is 0.842 bits per heavy atom. The maximum Gasteiger partial charge on any atom is 0.673 e. The van der Waals surface area contributed by atoms with E-state index in [0.717, 1.165) is 5.02 Å². The zero-order chi connectivity index (χ0) is 14.0. The van der Waals surface area contributed by atoms with Crippen LogP contribution in [-0.2, 0) is 17.1 Å². The summed E-state index contributed by atoms with van der Waals surface area (Å²) < 4.78 is 39.0. The van der Waals surface area contributed by atoms with E-state index in [9.17, 15) is 17.3 Å². The van der Waals surface area contributed by atoms with Gasteiger partial charge in [0.1, 0.15) is 0 Å². The fourth-order valence-electron chi connectivity index (χ4n) is 0.854. The van der Waals surface area contributed by atoms with Crippen LogP contribution in [0.4, 0.5) is 17.3 Å². The van der Waals surface area contributed by atoms with Crippen molar-refractivity contribution in [1.29, 1.82) is 0 Å².